The van der Waals surface area contributed by atoms with E-state index in [9.17, 15) is 14.7 Å². The van der Waals surface area contributed by atoms with Crippen molar-refractivity contribution in [2.45, 2.75) is 26.0 Å². The van der Waals surface area contributed by atoms with Gasteiger partial charge in [-0.1, -0.05) is 29.8 Å². The molecule has 1 aromatic carbocycles. The maximum Gasteiger partial charge on any atom is 0.309 e. The van der Waals surface area contributed by atoms with Crippen LogP contribution in [0.25, 0.3) is 0 Å². The number of amides is 2. The van der Waals surface area contributed by atoms with Gasteiger partial charge in [0.05, 0.1) is 6.10 Å². The Morgan fingerprint density at radius 2 is 1.83 bits per heavy atom. The fourth-order valence-electron chi connectivity index (χ4n) is 2.00. The Balaban J connectivity index is 1.68. The van der Waals surface area contributed by atoms with E-state index in [-0.39, 0.29) is 6.54 Å². The van der Waals surface area contributed by atoms with Gasteiger partial charge in [0.2, 0.25) is 0 Å². The molecule has 2 aromatic rings. The van der Waals surface area contributed by atoms with Crippen LogP contribution < -0.4 is 10.6 Å². The molecular weight excluding hydrogens is 312 g/mol. The fourth-order valence-corrected chi connectivity index (χ4v) is 2.71. The average Bonchev–Trinajstić information content (AvgIpc) is 3.08. The predicted molar refractivity (Wildman–Crippen MR) is 89.9 cm³/mol. The number of nitrogens with one attached hydrogen (secondary N) is 2. The first kappa shape index (κ1) is 17.2. The smallest absolute Gasteiger partial charge is 0.309 e. The van der Waals surface area contributed by atoms with Crippen LogP contribution in [0.2, 0.25) is 0 Å². The number of thiophene rings is 1. The summed E-state index contributed by atoms with van der Waals surface area (Å²) in [5.74, 6) is -1.36. The molecule has 0 aliphatic rings. The lowest BCUT2D eigenvalue weighted by molar-refractivity contribution is -0.139. The summed E-state index contributed by atoms with van der Waals surface area (Å²) in [4.78, 5) is 23.4. The lowest BCUT2D eigenvalue weighted by Gasteiger charge is -2.10. The van der Waals surface area contributed by atoms with Crippen molar-refractivity contribution in [3.05, 3.63) is 57.8 Å². The van der Waals surface area contributed by atoms with E-state index in [1.54, 1.807) is 0 Å². The van der Waals surface area contributed by atoms with Crippen LogP contribution >= 0.6 is 11.3 Å². The number of hydrogen-bond acceptors (Lipinski definition) is 4. The van der Waals surface area contributed by atoms with Crippen molar-refractivity contribution in [3.8, 4) is 0 Å². The molecule has 0 saturated heterocycles. The van der Waals surface area contributed by atoms with Crippen molar-refractivity contribution in [2.75, 3.05) is 6.54 Å². The number of rotatable bonds is 6. The van der Waals surface area contributed by atoms with E-state index in [4.69, 9.17) is 0 Å². The minimum Gasteiger partial charge on any atom is -0.388 e. The van der Waals surface area contributed by atoms with Crippen LogP contribution in [-0.2, 0) is 16.1 Å². The summed E-state index contributed by atoms with van der Waals surface area (Å²) >= 11 is 1.51. The van der Waals surface area contributed by atoms with Gasteiger partial charge in [-0.25, -0.2) is 0 Å². The molecule has 0 aliphatic heterocycles. The maximum atomic E-state index is 11.7. The molecule has 1 unspecified atom stereocenters. The van der Waals surface area contributed by atoms with Crippen LogP contribution in [-0.4, -0.2) is 23.5 Å². The van der Waals surface area contributed by atoms with Crippen LogP contribution in [0, 0.1) is 6.92 Å². The summed E-state index contributed by atoms with van der Waals surface area (Å²) < 4.78 is 0. The Hall–Kier alpha value is -2.18. The van der Waals surface area contributed by atoms with Gasteiger partial charge in [0, 0.05) is 13.1 Å². The van der Waals surface area contributed by atoms with Gasteiger partial charge in [0.25, 0.3) is 0 Å². The molecule has 2 amide bonds. The Kier molecular flexibility index (Phi) is 6.31. The SMILES string of the molecule is Cc1ccc(CNC(=O)C(=O)NCCC(O)c2ccsc2)cc1. The Morgan fingerprint density at radius 3 is 2.48 bits per heavy atom. The van der Waals surface area contributed by atoms with E-state index < -0.39 is 17.9 Å². The van der Waals surface area contributed by atoms with Gasteiger partial charge >= 0.3 is 11.8 Å². The van der Waals surface area contributed by atoms with Crippen molar-refractivity contribution in [1.29, 1.82) is 0 Å². The van der Waals surface area contributed by atoms with E-state index in [1.807, 2.05) is 48.0 Å². The van der Waals surface area contributed by atoms with Crippen LogP contribution in [0.15, 0.2) is 41.1 Å². The first-order valence-corrected chi connectivity index (χ1v) is 8.32. The van der Waals surface area contributed by atoms with Crippen molar-refractivity contribution in [1.82, 2.24) is 10.6 Å². The summed E-state index contributed by atoms with van der Waals surface area (Å²) in [5, 5.41) is 18.7. The van der Waals surface area contributed by atoms with Crippen molar-refractivity contribution < 1.29 is 14.7 Å². The highest BCUT2D eigenvalue weighted by Crippen LogP contribution is 2.18. The third-order valence-corrected chi connectivity index (χ3v) is 4.11. The van der Waals surface area contributed by atoms with Gasteiger partial charge in [-0.3, -0.25) is 9.59 Å². The number of carbonyl (C=O) groups excluding carboxylic acids is 2. The lowest BCUT2D eigenvalue weighted by Crippen LogP contribution is -2.40. The molecule has 1 atom stereocenters. The fraction of sp³-hybridized carbons (Fsp3) is 0.294. The number of hydrogen-bond donors (Lipinski definition) is 3. The zero-order valence-electron chi connectivity index (χ0n) is 12.9. The highest BCUT2D eigenvalue weighted by Gasteiger charge is 2.14. The minimum absolute atomic E-state index is 0.244. The lowest BCUT2D eigenvalue weighted by atomic mass is 10.1. The van der Waals surface area contributed by atoms with Gasteiger partial charge in [-0.2, -0.15) is 11.3 Å². The highest BCUT2D eigenvalue weighted by atomic mass is 32.1. The van der Waals surface area contributed by atoms with Crippen LogP contribution in [0.3, 0.4) is 0 Å². The van der Waals surface area contributed by atoms with Gasteiger partial charge in [-0.05, 0) is 41.3 Å². The summed E-state index contributed by atoms with van der Waals surface area (Å²) in [5.41, 5.74) is 2.90. The van der Waals surface area contributed by atoms with Crippen LogP contribution in [0.1, 0.15) is 29.2 Å². The summed E-state index contributed by atoms with van der Waals surface area (Å²) in [6.45, 7) is 2.54. The molecule has 23 heavy (non-hydrogen) atoms. The summed E-state index contributed by atoms with van der Waals surface area (Å²) in [6, 6.07) is 9.56. The molecule has 6 heteroatoms. The summed E-state index contributed by atoms with van der Waals surface area (Å²) in [6.07, 6.45) is -0.259. The quantitative estimate of drug-likeness (QED) is 0.707. The van der Waals surface area contributed by atoms with Crippen LogP contribution in [0.5, 0.6) is 0 Å². The maximum absolute atomic E-state index is 11.7. The highest BCUT2D eigenvalue weighted by molar-refractivity contribution is 7.07. The standard InChI is InChI=1S/C17H20N2O3S/c1-12-2-4-13(5-3-12)10-19-17(22)16(21)18-8-6-15(20)14-7-9-23-11-14/h2-5,7,9,11,15,20H,6,8,10H2,1H3,(H,18,21)(H,19,22). The Morgan fingerprint density at radius 1 is 1.13 bits per heavy atom. The third kappa shape index (κ3) is 5.50. The number of benzene rings is 1. The number of aliphatic hydroxyl groups is 1. The van der Waals surface area contributed by atoms with E-state index in [1.165, 1.54) is 11.3 Å². The van der Waals surface area contributed by atoms with Crippen LogP contribution in [0.4, 0.5) is 0 Å². The molecule has 0 fully saturated rings. The first-order valence-electron chi connectivity index (χ1n) is 7.38. The number of aryl methyl sites for hydroxylation is 1. The molecule has 2 rings (SSSR count). The molecule has 0 aliphatic carbocycles. The van der Waals surface area contributed by atoms with Crippen molar-refractivity contribution in [2.24, 2.45) is 0 Å². The molecule has 0 bridgehead atoms. The molecule has 3 N–H and O–H groups in total. The number of aliphatic hydroxyl groups excluding tert-OH is 1. The zero-order chi connectivity index (χ0) is 16.7. The molecule has 0 radical (unpaired) electrons. The molecule has 122 valence electrons. The third-order valence-electron chi connectivity index (χ3n) is 3.41. The molecule has 0 spiro atoms. The normalized spacial score (nSPS) is 11.7. The average molecular weight is 332 g/mol. The molecule has 5 nitrogen and oxygen atoms in total. The monoisotopic (exact) mass is 332 g/mol. The van der Waals surface area contributed by atoms with E-state index in [0.717, 1.165) is 16.7 Å². The van der Waals surface area contributed by atoms with E-state index in [0.29, 0.717) is 13.0 Å². The second kappa shape index (κ2) is 8.45. The van der Waals surface area contributed by atoms with Gasteiger partial charge < -0.3 is 15.7 Å². The molecule has 1 heterocycles. The largest absolute Gasteiger partial charge is 0.388 e. The summed E-state index contributed by atoms with van der Waals surface area (Å²) in [7, 11) is 0. The first-order chi connectivity index (χ1) is 11.1. The minimum atomic E-state index is -0.686. The van der Waals surface area contributed by atoms with E-state index in [2.05, 4.69) is 10.6 Å². The van der Waals surface area contributed by atoms with Crippen molar-refractivity contribution >= 4 is 23.2 Å². The van der Waals surface area contributed by atoms with Gasteiger partial charge in [-0.15, -0.1) is 0 Å². The van der Waals surface area contributed by atoms with Gasteiger partial charge in [0.1, 0.15) is 0 Å². The molecular formula is C17H20N2O3S. The van der Waals surface area contributed by atoms with E-state index >= 15 is 0 Å². The molecule has 1 aromatic heterocycles. The number of carbonyl (C=O) groups is 2. The zero-order valence-corrected chi connectivity index (χ0v) is 13.7. The second-order valence-electron chi connectivity index (χ2n) is 5.29. The topological polar surface area (TPSA) is 78.4 Å². The van der Waals surface area contributed by atoms with Gasteiger partial charge in [0.15, 0.2) is 0 Å². The second-order valence-corrected chi connectivity index (χ2v) is 6.07. The van der Waals surface area contributed by atoms with Crippen molar-refractivity contribution in [3.63, 3.8) is 0 Å². The molecule has 0 saturated carbocycles. The Bertz CT molecular complexity index is 638. The Labute approximate surface area is 139 Å². The predicted octanol–water partition coefficient (Wildman–Crippen LogP) is 1.91.